The van der Waals surface area contributed by atoms with Crippen molar-refractivity contribution >= 4 is 45.0 Å². The van der Waals surface area contributed by atoms with E-state index in [0.29, 0.717) is 23.4 Å². The zero-order valence-electron chi connectivity index (χ0n) is 17.2. The first-order valence-electron chi connectivity index (χ1n) is 10.00. The number of hydrogen-bond donors (Lipinski definition) is 1. The normalized spacial score (nSPS) is 18.9. The van der Waals surface area contributed by atoms with E-state index in [1.165, 1.54) is 7.11 Å². The molecule has 4 rings (SSSR count). The van der Waals surface area contributed by atoms with Crippen LogP contribution < -0.4 is 10.6 Å². The fourth-order valence-electron chi connectivity index (χ4n) is 4.40. The molecule has 0 unspecified atom stereocenters. The molecular formula is C24H22BrClN2O3. The number of nitrogens with two attached hydrogens (primary N) is 1. The second kappa shape index (κ2) is 8.52. The van der Waals surface area contributed by atoms with Gasteiger partial charge < -0.3 is 10.5 Å². The number of allylic oxidation sites excluding steroid dienone is 2. The van der Waals surface area contributed by atoms with Crippen LogP contribution in [0.4, 0.5) is 5.69 Å². The Bertz CT molecular complexity index is 1140. The van der Waals surface area contributed by atoms with Crippen molar-refractivity contribution in [3.8, 4) is 0 Å². The predicted octanol–water partition coefficient (Wildman–Crippen LogP) is 5.37. The van der Waals surface area contributed by atoms with Crippen molar-refractivity contribution in [3.05, 3.63) is 85.8 Å². The summed E-state index contributed by atoms with van der Waals surface area (Å²) in [5, 5.41) is 0.587. The van der Waals surface area contributed by atoms with Gasteiger partial charge in [0.05, 0.1) is 24.3 Å². The molecule has 2 aliphatic rings. The van der Waals surface area contributed by atoms with Crippen LogP contribution in [0, 0.1) is 6.92 Å². The molecule has 2 N–H and O–H groups in total. The molecule has 160 valence electrons. The van der Waals surface area contributed by atoms with Gasteiger partial charge in [-0.1, -0.05) is 45.7 Å². The van der Waals surface area contributed by atoms with Crippen LogP contribution in [-0.4, -0.2) is 18.9 Å². The zero-order valence-corrected chi connectivity index (χ0v) is 19.6. The van der Waals surface area contributed by atoms with Gasteiger partial charge in [-0.2, -0.15) is 0 Å². The molecule has 5 nitrogen and oxygen atoms in total. The standard InChI is InChI=1S/C24H22BrClN2O3/c1-13-16(26)5-3-6-17(13)28-18-7-4-8-19(29)21(18)20(14-9-11-15(25)12-10-14)22(23(28)27)24(30)31-2/h3,5-6,9-12,20H,4,7-8,27H2,1-2H3/t20-/m0/s1. The maximum atomic E-state index is 13.2. The number of halogens is 2. The van der Waals surface area contributed by atoms with Gasteiger partial charge in [0, 0.05) is 27.2 Å². The number of ketones is 1. The Kier molecular flexibility index (Phi) is 5.95. The maximum absolute atomic E-state index is 13.2. The van der Waals surface area contributed by atoms with Gasteiger partial charge in [-0.15, -0.1) is 0 Å². The van der Waals surface area contributed by atoms with Crippen molar-refractivity contribution in [1.29, 1.82) is 0 Å². The average molecular weight is 502 g/mol. The van der Waals surface area contributed by atoms with Gasteiger partial charge in [0.25, 0.3) is 0 Å². The summed E-state index contributed by atoms with van der Waals surface area (Å²) in [6.07, 6.45) is 1.83. The maximum Gasteiger partial charge on any atom is 0.338 e. The smallest absolute Gasteiger partial charge is 0.338 e. The lowest BCUT2D eigenvalue weighted by Gasteiger charge is -2.41. The van der Waals surface area contributed by atoms with E-state index in [0.717, 1.165) is 33.4 Å². The number of benzene rings is 2. The molecule has 1 heterocycles. The molecule has 1 aliphatic heterocycles. The first-order chi connectivity index (χ1) is 14.8. The van der Waals surface area contributed by atoms with E-state index in [1.54, 1.807) is 6.07 Å². The average Bonchev–Trinajstić information content (AvgIpc) is 2.76. The molecule has 0 amide bonds. The lowest BCUT2D eigenvalue weighted by Crippen LogP contribution is -2.41. The monoisotopic (exact) mass is 500 g/mol. The van der Waals surface area contributed by atoms with Gasteiger partial charge in [-0.05, 0) is 55.2 Å². The summed E-state index contributed by atoms with van der Waals surface area (Å²) in [4.78, 5) is 28.0. The number of anilines is 1. The summed E-state index contributed by atoms with van der Waals surface area (Å²) in [5.41, 5.74) is 10.7. The molecule has 0 radical (unpaired) electrons. The number of carbonyl (C=O) groups excluding carboxylic acids is 2. The molecule has 0 fully saturated rings. The second-order valence-electron chi connectivity index (χ2n) is 7.63. The molecule has 0 spiro atoms. The van der Waals surface area contributed by atoms with Crippen LogP contribution in [0.5, 0.6) is 0 Å². The highest BCUT2D eigenvalue weighted by atomic mass is 79.9. The zero-order chi connectivity index (χ0) is 22.3. The van der Waals surface area contributed by atoms with Crippen molar-refractivity contribution in [2.24, 2.45) is 5.73 Å². The van der Waals surface area contributed by atoms with Crippen LogP contribution in [0.25, 0.3) is 0 Å². The van der Waals surface area contributed by atoms with Crippen molar-refractivity contribution in [3.63, 3.8) is 0 Å². The Balaban J connectivity index is 2.03. The number of nitrogens with zero attached hydrogens (tertiary/aromatic N) is 1. The van der Waals surface area contributed by atoms with E-state index in [-0.39, 0.29) is 17.2 Å². The third-order valence-corrected chi connectivity index (χ3v) is 6.82. The molecule has 31 heavy (non-hydrogen) atoms. The predicted molar refractivity (Wildman–Crippen MR) is 125 cm³/mol. The molecule has 2 aromatic carbocycles. The number of ether oxygens (including phenoxy) is 1. The van der Waals surface area contributed by atoms with Crippen molar-refractivity contribution < 1.29 is 14.3 Å². The minimum atomic E-state index is -0.584. The SMILES string of the molecule is COC(=O)C1=C(N)N(c2cccc(Cl)c2C)C2=C(C(=O)CCC2)[C@@H]1c1ccc(Br)cc1. The fraction of sp³-hybridized carbons (Fsp3) is 0.250. The van der Waals surface area contributed by atoms with Crippen molar-refractivity contribution in [2.75, 3.05) is 12.0 Å². The third-order valence-electron chi connectivity index (χ3n) is 5.88. The third kappa shape index (κ3) is 3.68. The summed E-state index contributed by atoms with van der Waals surface area (Å²) >= 11 is 9.83. The Morgan fingerprint density at radius 1 is 1.19 bits per heavy atom. The lowest BCUT2D eigenvalue weighted by atomic mass is 9.75. The summed E-state index contributed by atoms with van der Waals surface area (Å²) < 4.78 is 6.02. The largest absolute Gasteiger partial charge is 0.466 e. The van der Waals surface area contributed by atoms with E-state index in [9.17, 15) is 9.59 Å². The molecule has 0 bridgehead atoms. The van der Waals surface area contributed by atoms with Crippen LogP contribution in [0.1, 0.15) is 36.3 Å². The van der Waals surface area contributed by atoms with Crippen LogP contribution >= 0.6 is 27.5 Å². The van der Waals surface area contributed by atoms with Gasteiger partial charge in [0.1, 0.15) is 5.82 Å². The van der Waals surface area contributed by atoms with Crippen LogP contribution in [0.2, 0.25) is 5.02 Å². The molecule has 1 atom stereocenters. The van der Waals surface area contributed by atoms with Crippen molar-refractivity contribution in [2.45, 2.75) is 32.1 Å². The van der Waals surface area contributed by atoms with Crippen LogP contribution in [0.3, 0.4) is 0 Å². The van der Waals surface area contributed by atoms with Crippen LogP contribution in [0.15, 0.2) is 69.6 Å². The molecule has 0 saturated heterocycles. The molecule has 0 saturated carbocycles. The topological polar surface area (TPSA) is 72.6 Å². The Labute approximate surface area is 194 Å². The molecule has 7 heteroatoms. The Morgan fingerprint density at radius 2 is 1.90 bits per heavy atom. The molecule has 2 aromatic rings. The minimum absolute atomic E-state index is 0.0211. The first kappa shape index (κ1) is 21.7. The summed E-state index contributed by atoms with van der Waals surface area (Å²) in [6, 6.07) is 13.1. The van der Waals surface area contributed by atoms with Crippen LogP contribution in [-0.2, 0) is 14.3 Å². The number of esters is 1. The highest BCUT2D eigenvalue weighted by Crippen LogP contribution is 2.47. The molecule has 1 aliphatic carbocycles. The van der Waals surface area contributed by atoms with Gasteiger partial charge in [0.15, 0.2) is 5.78 Å². The van der Waals surface area contributed by atoms with E-state index in [2.05, 4.69) is 15.9 Å². The van der Waals surface area contributed by atoms with E-state index in [1.807, 2.05) is 48.2 Å². The number of hydrogen-bond acceptors (Lipinski definition) is 5. The van der Waals surface area contributed by atoms with Gasteiger partial charge in [-0.3, -0.25) is 9.69 Å². The summed E-state index contributed by atoms with van der Waals surface area (Å²) in [6.45, 7) is 1.90. The van der Waals surface area contributed by atoms with E-state index in [4.69, 9.17) is 22.1 Å². The van der Waals surface area contributed by atoms with E-state index < -0.39 is 11.9 Å². The summed E-state index contributed by atoms with van der Waals surface area (Å²) in [7, 11) is 1.32. The highest BCUT2D eigenvalue weighted by molar-refractivity contribution is 9.10. The lowest BCUT2D eigenvalue weighted by molar-refractivity contribution is -0.136. The first-order valence-corrected chi connectivity index (χ1v) is 11.2. The molecular weight excluding hydrogens is 480 g/mol. The fourth-order valence-corrected chi connectivity index (χ4v) is 4.83. The quantitative estimate of drug-likeness (QED) is 0.573. The Hall–Kier alpha value is -2.57. The second-order valence-corrected chi connectivity index (χ2v) is 8.95. The summed E-state index contributed by atoms with van der Waals surface area (Å²) in [5.74, 6) is -0.856. The highest BCUT2D eigenvalue weighted by Gasteiger charge is 2.43. The van der Waals surface area contributed by atoms with Gasteiger partial charge in [-0.25, -0.2) is 4.79 Å². The van der Waals surface area contributed by atoms with E-state index >= 15 is 0 Å². The van der Waals surface area contributed by atoms with Gasteiger partial charge >= 0.3 is 5.97 Å². The number of carbonyl (C=O) groups is 2. The van der Waals surface area contributed by atoms with Gasteiger partial charge in [0.2, 0.25) is 0 Å². The number of Topliss-reactive ketones (excluding diaryl/α,β-unsaturated/α-hetero) is 1. The number of methoxy groups -OCH3 is 1. The number of rotatable bonds is 3. The van der Waals surface area contributed by atoms with Crippen molar-refractivity contribution in [1.82, 2.24) is 0 Å². The Morgan fingerprint density at radius 3 is 2.58 bits per heavy atom. The minimum Gasteiger partial charge on any atom is -0.466 e. The molecule has 0 aromatic heterocycles.